The topological polar surface area (TPSA) is 60.0 Å². The van der Waals surface area contributed by atoms with Gasteiger partial charge in [0, 0.05) is 45.3 Å². The van der Waals surface area contributed by atoms with Gasteiger partial charge in [0.05, 0.1) is 6.54 Å². The van der Waals surface area contributed by atoms with Gasteiger partial charge in [0.2, 0.25) is 5.91 Å². The maximum Gasteiger partial charge on any atom is 0.234 e. The van der Waals surface area contributed by atoms with Crippen LogP contribution in [0.5, 0.6) is 0 Å². The lowest BCUT2D eigenvalue weighted by molar-refractivity contribution is -0.122. The molecule has 0 aromatic heterocycles. The first-order valence-electron chi connectivity index (χ1n) is 10.8. The highest BCUT2D eigenvalue weighted by Crippen LogP contribution is 2.47. The van der Waals surface area contributed by atoms with Crippen molar-refractivity contribution >= 4 is 11.9 Å². The number of benzene rings is 1. The molecule has 2 atom stereocenters. The third kappa shape index (κ3) is 5.25. The van der Waals surface area contributed by atoms with E-state index in [2.05, 4.69) is 57.7 Å². The summed E-state index contributed by atoms with van der Waals surface area (Å²) in [5.74, 6) is 2.55. The molecule has 28 heavy (non-hydrogen) atoms. The average Bonchev–Trinajstić information content (AvgIpc) is 3.63. The molecule has 0 bridgehead atoms. The number of aliphatic imine (C=N–C) groups is 1. The molecule has 4 rings (SSSR count). The minimum atomic E-state index is 0.178. The smallest absolute Gasteiger partial charge is 0.234 e. The van der Waals surface area contributed by atoms with E-state index in [1.807, 2.05) is 0 Å². The van der Waals surface area contributed by atoms with Crippen LogP contribution in [-0.4, -0.2) is 73.5 Å². The molecule has 1 saturated heterocycles. The van der Waals surface area contributed by atoms with Crippen LogP contribution >= 0.6 is 0 Å². The van der Waals surface area contributed by atoms with Crippen molar-refractivity contribution in [2.24, 2.45) is 10.9 Å². The van der Waals surface area contributed by atoms with Crippen molar-refractivity contribution in [3.8, 4) is 0 Å². The molecule has 3 fully saturated rings. The predicted molar refractivity (Wildman–Crippen MR) is 112 cm³/mol. The Labute approximate surface area is 168 Å². The monoisotopic (exact) mass is 383 g/mol. The number of guanidine groups is 1. The Morgan fingerprint density at radius 3 is 2.57 bits per heavy atom. The largest absolute Gasteiger partial charge is 0.357 e. The van der Waals surface area contributed by atoms with Crippen molar-refractivity contribution in [3.63, 3.8) is 0 Å². The molecule has 6 nitrogen and oxygen atoms in total. The van der Waals surface area contributed by atoms with Gasteiger partial charge >= 0.3 is 0 Å². The summed E-state index contributed by atoms with van der Waals surface area (Å²) in [5, 5.41) is 6.54. The fraction of sp³-hybridized carbons (Fsp3) is 0.636. The molecular weight excluding hydrogens is 350 g/mol. The Kier molecular flexibility index (Phi) is 6.15. The number of hydrogen-bond donors (Lipinski definition) is 2. The number of nitrogens with one attached hydrogen (secondary N) is 2. The molecule has 1 aliphatic heterocycles. The molecule has 152 valence electrons. The number of rotatable bonds is 7. The second-order valence-corrected chi connectivity index (χ2v) is 8.31. The fourth-order valence-electron chi connectivity index (χ4n) is 4.01. The van der Waals surface area contributed by atoms with E-state index in [-0.39, 0.29) is 5.91 Å². The molecular formula is C22H33N5O. The average molecular weight is 384 g/mol. The van der Waals surface area contributed by atoms with Crippen LogP contribution in [0.2, 0.25) is 0 Å². The van der Waals surface area contributed by atoms with E-state index in [0.29, 0.717) is 24.4 Å². The number of nitrogens with zero attached hydrogens (tertiary/aromatic N) is 3. The zero-order chi connectivity index (χ0) is 19.3. The zero-order valence-electron chi connectivity index (χ0n) is 16.9. The normalized spacial score (nSPS) is 25.5. The van der Waals surface area contributed by atoms with Crippen molar-refractivity contribution in [2.45, 2.75) is 38.1 Å². The maximum atomic E-state index is 12.0. The van der Waals surface area contributed by atoms with E-state index in [0.717, 1.165) is 58.1 Å². The number of hydrogen-bond acceptors (Lipinski definition) is 3. The van der Waals surface area contributed by atoms with Gasteiger partial charge in [-0.05, 0) is 43.6 Å². The molecule has 2 saturated carbocycles. The Bertz CT molecular complexity index is 679. The van der Waals surface area contributed by atoms with Crippen LogP contribution in [0.25, 0.3) is 0 Å². The highest BCUT2D eigenvalue weighted by Gasteiger charge is 2.38. The number of amides is 1. The summed E-state index contributed by atoms with van der Waals surface area (Å²) in [5.41, 5.74) is 1.45. The standard InChI is InChI=1S/C22H33N5O/c1-2-23-22(24-15-18-14-20(18)17-6-4-3-5-7-17)27-12-10-26(11-13-27)16-21(28)25-19-8-9-19/h3-7,18-20H,2,8-16H2,1H3,(H,23,24)(H,25,28). The van der Waals surface area contributed by atoms with Crippen molar-refractivity contribution in [1.82, 2.24) is 20.4 Å². The molecule has 1 aromatic carbocycles. The number of piperazine rings is 1. The third-order valence-corrected chi connectivity index (χ3v) is 5.94. The van der Waals surface area contributed by atoms with E-state index in [4.69, 9.17) is 4.99 Å². The van der Waals surface area contributed by atoms with Crippen molar-refractivity contribution in [1.29, 1.82) is 0 Å². The molecule has 2 unspecified atom stereocenters. The van der Waals surface area contributed by atoms with Gasteiger partial charge in [-0.3, -0.25) is 14.7 Å². The highest BCUT2D eigenvalue weighted by atomic mass is 16.2. The van der Waals surface area contributed by atoms with Crippen molar-refractivity contribution < 1.29 is 4.79 Å². The summed E-state index contributed by atoms with van der Waals surface area (Å²) in [6, 6.07) is 11.3. The van der Waals surface area contributed by atoms with Crippen LogP contribution in [0.4, 0.5) is 0 Å². The van der Waals surface area contributed by atoms with Crippen LogP contribution in [-0.2, 0) is 4.79 Å². The third-order valence-electron chi connectivity index (χ3n) is 5.94. The second-order valence-electron chi connectivity index (χ2n) is 8.31. The summed E-state index contributed by atoms with van der Waals surface area (Å²) in [6.07, 6.45) is 3.54. The summed E-state index contributed by atoms with van der Waals surface area (Å²) < 4.78 is 0. The van der Waals surface area contributed by atoms with Crippen LogP contribution in [0.1, 0.15) is 37.7 Å². The lowest BCUT2D eigenvalue weighted by atomic mass is 10.1. The minimum absolute atomic E-state index is 0.178. The molecule has 0 radical (unpaired) electrons. The van der Waals surface area contributed by atoms with Crippen molar-refractivity contribution in [3.05, 3.63) is 35.9 Å². The van der Waals surface area contributed by atoms with Gasteiger partial charge in [-0.1, -0.05) is 30.3 Å². The van der Waals surface area contributed by atoms with Gasteiger partial charge in [0.25, 0.3) is 0 Å². The van der Waals surface area contributed by atoms with E-state index < -0.39 is 0 Å². The van der Waals surface area contributed by atoms with E-state index in [1.165, 1.54) is 12.0 Å². The van der Waals surface area contributed by atoms with Crippen LogP contribution < -0.4 is 10.6 Å². The van der Waals surface area contributed by atoms with Crippen LogP contribution in [0.15, 0.2) is 35.3 Å². The number of carbonyl (C=O) groups excluding carboxylic acids is 1. The van der Waals surface area contributed by atoms with E-state index >= 15 is 0 Å². The van der Waals surface area contributed by atoms with Crippen LogP contribution in [0.3, 0.4) is 0 Å². The maximum absolute atomic E-state index is 12.0. The molecule has 1 aromatic rings. The first kappa shape index (κ1) is 19.2. The van der Waals surface area contributed by atoms with Gasteiger partial charge in [0.15, 0.2) is 5.96 Å². The van der Waals surface area contributed by atoms with Crippen molar-refractivity contribution in [2.75, 3.05) is 45.8 Å². The van der Waals surface area contributed by atoms with Gasteiger partial charge in [0.1, 0.15) is 0 Å². The summed E-state index contributed by atoms with van der Waals surface area (Å²) in [7, 11) is 0. The first-order chi connectivity index (χ1) is 13.7. The molecule has 1 amide bonds. The molecule has 1 heterocycles. The summed E-state index contributed by atoms with van der Waals surface area (Å²) >= 11 is 0. The molecule has 2 aliphatic carbocycles. The Balaban J connectivity index is 1.24. The molecule has 3 aliphatic rings. The number of carbonyl (C=O) groups is 1. The Morgan fingerprint density at radius 1 is 1.14 bits per heavy atom. The second kappa shape index (κ2) is 8.95. The molecule has 2 N–H and O–H groups in total. The zero-order valence-corrected chi connectivity index (χ0v) is 16.9. The lowest BCUT2D eigenvalue weighted by Crippen LogP contribution is -2.54. The van der Waals surface area contributed by atoms with Gasteiger partial charge in [-0.2, -0.15) is 0 Å². The summed E-state index contributed by atoms with van der Waals surface area (Å²) in [4.78, 5) is 21.6. The van der Waals surface area contributed by atoms with E-state index in [9.17, 15) is 4.79 Å². The lowest BCUT2D eigenvalue weighted by Gasteiger charge is -2.36. The van der Waals surface area contributed by atoms with Gasteiger partial charge in [-0.15, -0.1) is 0 Å². The SMILES string of the molecule is CCNC(=NCC1CC1c1ccccc1)N1CCN(CC(=O)NC2CC2)CC1. The molecule has 6 heteroatoms. The minimum Gasteiger partial charge on any atom is -0.357 e. The molecule has 0 spiro atoms. The van der Waals surface area contributed by atoms with E-state index in [1.54, 1.807) is 0 Å². The Morgan fingerprint density at radius 2 is 1.89 bits per heavy atom. The quantitative estimate of drug-likeness (QED) is 0.555. The predicted octanol–water partition coefficient (Wildman–Crippen LogP) is 1.65. The first-order valence-corrected chi connectivity index (χ1v) is 10.8. The summed E-state index contributed by atoms with van der Waals surface area (Å²) in [6.45, 7) is 8.11. The van der Waals surface area contributed by atoms with Crippen LogP contribution in [0, 0.1) is 5.92 Å². The van der Waals surface area contributed by atoms with Gasteiger partial charge in [-0.25, -0.2) is 0 Å². The highest BCUT2D eigenvalue weighted by molar-refractivity contribution is 5.80. The van der Waals surface area contributed by atoms with Gasteiger partial charge < -0.3 is 15.5 Å². The Hall–Kier alpha value is -2.08. The fourth-order valence-corrected chi connectivity index (χ4v) is 4.01.